The predicted octanol–water partition coefficient (Wildman–Crippen LogP) is 2.40. The SMILES string of the molecule is Cc1ccc(NC(=O)C(C)C#N)cc1C. The van der Waals surface area contributed by atoms with Gasteiger partial charge in [-0.3, -0.25) is 4.79 Å². The van der Waals surface area contributed by atoms with Crippen LogP contribution in [0.2, 0.25) is 0 Å². The van der Waals surface area contributed by atoms with E-state index in [1.54, 1.807) is 6.92 Å². The first kappa shape index (κ1) is 11.3. The monoisotopic (exact) mass is 202 g/mol. The highest BCUT2D eigenvalue weighted by Crippen LogP contribution is 2.14. The molecule has 1 amide bonds. The quantitative estimate of drug-likeness (QED) is 0.800. The fourth-order valence-corrected chi connectivity index (χ4v) is 1.13. The molecule has 0 aromatic heterocycles. The molecule has 0 saturated carbocycles. The lowest BCUT2D eigenvalue weighted by atomic mass is 10.1. The molecule has 0 spiro atoms. The maximum atomic E-state index is 11.4. The fraction of sp³-hybridized carbons (Fsp3) is 0.333. The summed E-state index contributed by atoms with van der Waals surface area (Å²) in [5.41, 5.74) is 3.05. The lowest BCUT2D eigenvalue weighted by Gasteiger charge is -2.08. The van der Waals surface area contributed by atoms with Crippen LogP contribution < -0.4 is 5.32 Å². The summed E-state index contributed by atoms with van der Waals surface area (Å²) in [6.07, 6.45) is 0. The van der Waals surface area contributed by atoms with E-state index in [1.165, 1.54) is 5.56 Å². The Labute approximate surface area is 89.7 Å². The number of benzene rings is 1. The third-order valence-electron chi connectivity index (χ3n) is 2.36. The highest BCUT2D eigenvalue weighted by atomic mass is 16.1. The van der Waals surface area contributed by atoms with Crippen molar-refractivity contribution in [2.24, 2.45) is 5.92 Å². The molecule has 0 radical (unpaired) electrons. The number of carbonyl (C=O) groups is 1. The molecule has 78 valence electrons. The molecule has 0 saturated heterocycles. The van der Waals surface area contributed by atoms with E-state index in [0.717, 1.165) is 11.3 Å². The van der Waals surface area contributed by atoms with Crippen molar-refractivity contribution in [1.82, 2.24) is 0 Å². The summed E-state index contributed by atoms with van der Waals surface area (Å²) in [6.45, 7) is 5.58. The number of nitrogens with one attached hydrogen (secondary N) is 1. The van der Waals surface area contributed by atoms with Crippen molar-refractivity contribution in [3.8, 4) is 6.07 Å². The molecule has 3 nitrogen and oxygen atoms in total. The first-order valence-electron chi connectivity index (χ1n) is 4.82. The minimum atomic E-state index is -0.619. The third kappa shape index (κ3) is 2.81. The molecule has 1 atom stereocenters. The summed E-state index contributed by atoms with van der Waals surface area (Å²) >= 11 is 0. The van der Waals surface area contributed by atoms with E-state index in [0.29, 0.717) is 0 Å². The van der Waals surface area contributed by atoms with Crippen LogP contribution in [0.25, 0.3) is 0 Å². The van der Waals surface area contributed by atoms with Crippen molar-refractivity contribution >= 4 is 11.6 Å². The van der Waals surface area contributed by atoms with Crippen molar-refractivity contribution in [2.75, 3.05) is 5.32 Å². The number of hydrogen-bond acceptors (Lipinski definition) is 2. The number of carbonyl (C=O) groups excluding carboxylic acids is 1. The summed E-state index contributed by atoms with van der Waals surface area (Å²) < 4.78 is 0. The van der Waals surface area contributed by atoms with Gasteiger partial charge in [-0.05, 0) is 44.0 Å². The second-order valence-corrected chi connectivity index (χ2v) is 3.64. The van der Waals surface area contributed by atoms with Gasteiger partial charge in [-0.25, -0.2) is 0 Å². The van der Waals surface area contributed by atoms with Crippen LogP contribution in [0.3, 0.4) is 0 Å². The smallest absolute Gasteiger partial charge is 0.241 e. The number of amides is 1. The van der Waals surface area contributed by atoms with Crippen LogP contribution in [-0.2, 0) is 4.79 Å². The van der Waals surface area contributed by atoms with E-state index in [9.17, 15) is 4.79 Å². The minimum Gasteiger partial charge on any atom is -0.325 e. The Bertz CT molecular complexity index is 418. The Balaban J connectivity index is 2.78. The average Bonchev–Trinajstić information content (AvgIpc) is 2.22. The second-order valence-electron chi connectivity index (χ2n) is 3.64. The zero-order chi connectivity index (χ0) is 11.4. The van der Waals surface area contributed by atoms with Crippen molar-refractivity contribution < 1.29 is 4.79 Å². The first-order chi connectivity index (χ1) is 7.04. The summed E-state index contributed by atoms with van der Waals surface area (Å²) in [4.78, 5) is 11.4. The van der Waals surface area contributed by atoms with Crippen LogP contribution in [0.15, 0.2) is 18.2 Å². The van der Waals surface area contributed by atoms with Crippen molar-refractivity contribution in [2.45, 2.75) is 20.8 Å². The van der Waals surface area contributed by atoms with E-state index in [4.69, 9.17) is 5.26 Å². The Morgan fingerprint density at radius 3 is 2.60 bits per heavy atom. The van der Waals surface area contributed by atoms with Crippen molar-refractivity contribution in [3.63, 3.8) is 0 Å². The van der Waals surface area contributed by atoms with Gasteiger partial charge >= 0.3 is 0 Å². The molecule has 0 aliphatic carbocycles. The van der Waals surface area contributed by atoms with Crippen LogP contribution in [0, 0.1) is 31.1 Å². The normalized spacial score (nSPS) is 11.6. The molecule has 0 aliphatic heterocycles. The molecular formula is C12H14N2O. The standard InChI is InChI=1S/C12H14N2O/c1-8-4-5-11(6-9(8)2)14-12(15)10(3)7-13/h4-6,10H,1-3H3,(H,14,15). The van der Waals surface area contributed by atoms with E-state index in [1.807, 2.05) is 38.1 Å². The highest BCUT2D eigenvalue weighted by Gasteiger charge is 2.11. The minimum absolute atomic E-state index is 0.263. The summed E-state index contributed by atoms with van der Waals surface area (Å²) in [5, 5.41) is 11.3. The van der Waals surface area contributed by atoms with Gasteiger partial charge in [-0.1, -0.05) is 6.07 Å². The van der Waals surface area contributed by atoms with Gasteiger partial charge in [0.25, 0.3) is 0 Å². The average molecular weight is 202 g/mol. The predicted molar refractivity (Wildman–Crippen MR) is 59.3 cm³/mol. The van der Waals surface area contributed by atoms with Gasteiger partial charge in [0.05, 0.1) is 6.07 Å². The van der Waals surface area contributed by atoms with E-state index < -0.39 is 5.92 Å². The molecule has 1 aromatic carbocycles. The molecule has 0 bridgehead atoms. The Morgan fingerprint density at radius 1 is 1.40 bits per heavy atom. The number of aryl methyl sites for hydroxylation is 2. The largest absolute Gasteiger partial charge is 0.325 e. The van der Waals surface area contributed by atoms with Crippen molar-refractivity contribution in [1.29, 1.82) is 5.26 Å². The molecule has 1 N–H and O–H groups in total. The number of rotatable bonds is 2. The molecule has 1 rings (SSSR count). The molecule has 0 heterocycles. The van der Waals surface area contributed by atoms with Crippen LogP contribution in [-0.4, -0.2) is 5.91 Å². The highest BCUT2D eigenvalue weighted by molar-refractivity contribution is 5.93. The van der Waals surface area contributed by atoms with Gasteiger partial charge in [0.15, 0.2) is 0 Å². The Hall–Kier alpha value is -1.82. The molecular weight excluding hydrogens is 188 g/mol. The summed E-state index contributed by atoms with van der Waals surface area (Å²) in [6, 6.07) is 7.58. The molecule has 15 heavy (non-hydrogen) atoms. The Kier molecular flexibility index (Phi) is 3.46. The van der Waals surface area contributed by atoms with Crippen molar-refractivity contribution in [3.05, 3.63) is 29.3 Å². The number of hydrogen-bond donors (Lipinski definition) is 1. The van der Waals surface area contributed by atoms with Gasteiger partial charge in [-0.2, -0.15) is 5.26 Å². The van der Waals surface area contributed by atoms with Crippen LogP contribution in [0.4, 0.5) is 5.69 Å². The maximum Gasteiger partial charge on any atom is 0.241 e. The van der Waals surface area contributed by atoms with E-state index >= 15 is 0 Å². The third-order valence-corrected chi connectivity index (χ3v) is 2.36. The zero-order valence-corrected chi connectivity index (χ0v) is 9.16. The van der Waals surface area contributed by atoms with Gasteiger partial charge in [-0.15, -0.1) is 0 Å². The van der Waals surface area contributed by atoms with E-state index in [2.05, 4.69) is 5.32 Å². The number of nitriles is 1. The van der Waals surface area contributed by atoms with Gasteiger partial charge in [0, 0.05) is 5.69 Å². The molecule has 0 fully saturated rings. The second kappa shape index (κ2) is 4.61. The van der Waals surface area contributed by atoms with Gasteiger partial charge < -0.3 is 5.32 Å². The molecule has 1 unspecified atom stereocenters. The van der Waals surface area contributed by atoms with Crippen LogP contribution >= 0.6 is 0 Å². The van der Waals surface area contributed by atoms with Gasteiger partial charge in [0.2, 0.25) is 5.91 Å². The van der Waals surface area contributed by atoms with Crippen LogP contribution in [0.5, 0.6) is 0 Å². The maximum absolute atomic E-state index is 11.4. The van der Waals surface area contributed by atoms with Crippen LogP contribution in [0.1, 0.15) is 18.1 Å². The summed E-state index contributed by atoms with van der Waals surface area (Å²) in [5.74, 6) is -0.882. The lowest BCUT2D eigenvalue weighted by molar-refractivity contribution is -0.117. The van der Waals surface area contributed by atoms with Gasteiger partial charge in [0.1, 0.15) is 5.92 Å². The number of anilines is 1. The topological polar surface area (TPSA) is 52.9 Å². The van der Waals surface area contributed by atoms with E-state index in [-0.39, 0.29) is 5.91 Å². The molecule has 1 aromatic rings. The zero-order valence-electron chi connectivity index (χ0n) is 9.16. The summed E-state index contributed by atoms with van der Waals surface area (Å²) in [7, 11) is 0. The number of nitrogens with zero attached hydrogens (tertiary/aromatic N) is 1. The lowest BCUT2D eigenvalue weighted by Crippen LogP contribution is -2.18. The first-order valence-corrected chi connectivity index (χ1v) is 4.82. The Morgan fingerprint density at radius 2 is 2.07 bits per heavy atom. The fourth-order valence-electron chi connectivity index (χ4n) is 1.13. The molecule has 0 aliphatic rings. The molecule has 3 heteroatoms.